The third-order valence-corrected chi connectivity index (χ3v) is 4.40. The van der Waals surface area contributed by atoms with Gasteiger partial charge in [-0.05, 0) is 36.4 Å². The maximum absolute atomic E-state index is 12.9. The molecule has 4 nitrogen and oxygen atoms in total. The highest BCUT2D eigenvalue weighted by Crippen LogP contribution is 2.42. The van der Waals surface area contributed by atoms with Gasteiger partial charge >= 0.3 is 11.7 Å². The number of halogens is 7. The Balaban J connectivity index is 2.72. The molecule has 0 spiro atoms. The van der Waals surface area contributed by atoms with Crippen LogP contribution in [-0.2, 0) is 12.7 Å². The number of aromatic nitrogens is 2. The number of thioether (sulfide) groups is 1. The first kappa shape index (κ1) is 20.4. The quantitative estimate of drug-likeness (QED) is 0.579. The van der Waals surface area contributed by atoms with Gasteiger partial charge in [-0.3, -0.25) is 0 Å². The van der Waals surface area contributed by atoms with Gasteiger partial charge in [-0.15, -0.1) is 0 Å². The Morgan fingerprint density at radius 3 is 2.31 bits per heavy atom. The van der Waals surface area contributed by atoms with Crippen molar-refractivity contribution in [2.75, 3.05) is 0 Å². The molecule has 2 rings (SSSR count). The van der Waals surface area contributed by atoms with Crippen molar-refractivity contribution in [2.45, 2.75) is 30.0 Å². The standard InChI is InChI=1S/C14H9ClF6N4S/c1-6-2-7(13(16,17)18)3-8(15)11(6)25-10(5-23)12(9(4-22)24-25)26-14(19,20)21/h2-3H,5,23H2,1H3. The summed E-state index contributed by atoms with van der Waals surface area (Å²) in [6, 6.07) is 2.94. The summed E-state index contributed by atoms with van der Waals surface area (Å²) in [4.78, 5) is -0.516. The highest BCUT2D eigenvalue weighted by Gasteiger charge is 2.35. The molecule has 0 atom stereocenters. The van der Waals surface area contributed by atoms with Crippen molar-refractivity contribution >= 4 is 23.4 Å². The van der Waals surface area contributed by atoms with Gasteiger partial charge in [0.15, 0.2) is 5.69 Å². The number of nitrogens with two attached hydrogens (primary N) is 1. The van der Waals surface area contributed by atoms with Gasteiger partial charge in [-0.25, -0.2) is 4.68 Å². The largest absolute Gasteiger partial charge is 0.446 e. The molecule has 2 aromatic rings. The Morgan fingerprint density at radius 1 is 1.27 bits per heavy atom. The Kier molecular flexibility index (Phi) is 5.51. The van der Waals surface area contributed by atoms with E-state index in [4.69, 9.17) is 22.6 Å². The third kappa shape index (κ3) is 4.08. The van der Waals surface area contributed by atoms with Crippen molar-refractivity contribution in [3.8, 4) is 11.8 Å². The molecular formula is C14H9ClF6N4S. The van der Waals surface area contributed by atoms with Crippen LogP contribution in [0.1, 0.15) is 22.5 Å². The summed E-state index contributed by atoms with van der Waals surface area (Å²) in [5.41, 5.74) is -1.03. The van der Waals surface area contributed by atoms with E-state index >= 15 is 0 Å². The van der Waals surface area contributed by atoms with Gasteiger partial charge in [-0.2, -0.15) is 36.7 Å². The molecular weight excluding hydrogens is 406 g/mol. The smallest absolute Gasteiger partial charge is 0.325 e. The number of rotatable bonds is 3. The summed E-state index contributed by atoms with van der Waals surface area (Å²) < 4.78 is 77.7. The summed E-state index contributed by atoms with van der Waals surface area (Å²) in [6.45, 7) is 0.852. The van der Waals surface area contributed by atoms with Crippen molar-refractivity contribution in [2.24, 2.45) is 5.73 Å². The molecule has 1 aromatic carbocycles. The number of alkyl halides is 6. The van der Waals surface area contributed by atoms with E-state index in [1.54, 1.807) is 0 Å². The Labute approximate surface area is 152 Å². The monoisotopic (exact) mass is 414 g/mol. The molecule has 2 N–H and O–H groups in total. The molecule has 26 heavy (non-hydrogen) atoms. The van der Waals surface area contributed by atoms with Crippen LogP contribution in [0.15, 0.2) is 17.0 Å². The van der Waals surface area contributed by atoms with Crippen LogP contribution < -0.4 is 5.73 Å². The molecule has 0 aliphatic carbocycles. The highest BCUT2D eigenvalue weighted by molar-refractivity contribution is 8.00. The first-order chi connectivity index (χ1) is 11.9. The number of aryl methyl sites for hydroxylation is 1. The van der Waals surface area contributed by atoms with Gasteiger partial charge in [0.1, 0.15) is 6.07 Å². The van der Waals surface area contributed by atoms with Gasteiger partial charge in [-0.1, -0.05) is 11.6 Å². The fourth-order valence-electron chi connectivity index (χ4n) is 2.27. The molecule has 1 heterocycles. The fourth-order valence-corrected chi connectivity index (χ4v) is 3.32. The highest BCUT2D eigenvalue weighted by atomic mass is 35.5. The Morgan fingerprint density at radius 2 is 1.88 bits per heavy atom. The minimum absolute atomic E-state index is 0.00933. The summed E-state index contributed by atoms with van der Waals surface area (Å²) in [6.07, 6.45) is -4.65. The Bertz CT molecular complexity index is 858. The van der Waals surface area contributed by atoms with Crippen LogP contribution in [0.2, 0.25) is 5.02 Å². The number of nitrogens with zero attached hydrogens (tertiary/aromatic N) is 3. The van der Waals surface area contributed by atoms with Gasteiger partial charge in [0.2, 0.25) is 0 Å². The van der Waals surface area contributed by atoms with Crippen LogP contribution in [0.5, 0.6) is 0 Å². The van der Waals surface area contributed by atoms with Crippen LogP contribution in [0, 0.1) is 18.3 Å². The molecule has 140 valence electrons. The van der Waals surface area contributed by atoms with Crippen molar-refractivity contribution < 1.29 is 26.3 Å². The van der Waals surface area contributed by atoms with E-state index in [9.17, 15) is 26.3 Å². The summed E-state index contributed by atoms with van der Waals surface area (Å²) in [5, 5.41) is 12.4. The lowest BCUT2D eigenvalue weighted by molar-refractivity contribution is -0.137. The molecule has 0 radical (unpaired) electrons. The minimum Gasteiger partial charge on any atom is -0.325 e. The molecule has 0 aliphatic rings. The van der Waals surface area contributed by atoms with Crippen molar-refractivity contribution in [3.63, 3.8) is 0 Å². The van der Waals surface area contributed by atoms with E-state index < -0.39 is 46.1 Å². The van der Waals surface area contributed by atoms with Crippen molar-refractivity contribution in [1.29, 1.82) is 5.26 Å². The molecule has 0 saturated carbocycles. The average Bonchev–Trinajstić information content (AvgIpc) is 2.81. The van der Waals surface area contributed by atoms with E-state index in [1.807, 2.05) is 0 Å². The molecule has 1 aromatic heterocycles. The molecule has 0 saturated heterocycles. The third-order valence-electron chi connectivity index (χ3n) is 3.24. The first-order valence-electron chi connectivity index (χ1n) is 6.74. The van der Waals surface area contributed by atoms with Gasteiger partial charge in [0.05, 0.1) is 26.9 Å². The SMILES string of the molecule is Cc1cc(C(F)(F)F)cc(Cl)c1-n1nc(C#N)c(SC(F)(F)F)c1CN. The number of benzene rings is 1. The molecule has 0 bridgehead atoms. The van der Waals surface area contributed by atoms with Crippen LogP contribution in [0.3, 0.4) is 0 Å². The molecule has 0 unspecified atom stereocenters. The fraction of sp³-hybridized carbons (Fsp3) is 0.286. The van der Waals surface area contributed by atoms with Crippen LogP contribution in [0.4, 0.5) is 26.3 Å². The predicted octanol–water partition coefficient (Wildman–Crippen LogP) is 4.80. The zero-order valence-electron chi connectivity index (χ0n) is 12.8. The number of hydrogen-bond acceptors (Lipinski definition) is 4. The predicted molar refractivity (Wildman–Crippen MR) is 82.8 cm³/mol. The zero-order chi connectivity index (χ0) is 19.9. The topological polar surface area (TPSA) is 67.6 Å². The van der Waals surface area contributed by atoms with E-state index in [0.717, 1.165) is 10.7 Å². The normalized spacial score (nSPS) is 12.3. The maximum Gasteiger partial charge on any atom is 0.446 e. The van der Waals surface area contributed by atoms with E-state index in [2.05, 4.69) is 5.10 Å². The molecule has 0 fully saturated rings. The zero-order valence-corrected chi connectivity index (χ0v) is 14.4. The second kappa shape index (κ2) is 7.02. The molecule has 0 aliphatic heterocycles. The first-order valence-corrected chi connectivity index (χ1v) is 7.94. The van der Waals surface area contributed by atoms with Crippen LogP contribution in [-0.4, -0.2) is 15.3 Å². The summed E-state index contributed by atoms with van der Waals surface area (Å²) in [7, 11) is 0. The van der Waals surface area contributed by atoms with Gasteiger partial charge in [0, 0.05) is 6.54 Å². The minimum atomic E-state index is -4.71. The van der Waals surface area contributed by atoms with E-state index in [0.29, 0.717) is 6.07 Å². The number of hydrogen-bond donors (Lipinski definition) is 1. The van der Waals surface area contributed by atoms with Gasteiger partial charge in [0.25, 0.3) is 0 Å². The lowest BCUT2D eigenvalue weighted by Crippen LogP contribution is -2.12. The maximum atomic E-state index is 12.9. The van der Waals surface area contributed by atoms with Crippen LogP contribution >= 0.6 is 23.4 Å². The van der Waals surface area contributed by atoms with Crippen molar-refractivity contribution in [1.82, 2.24) is 9.78 Å². The van der Waals surface area contributed by atoms with Gasteiger partial charge < -0.3 is 5.73 Å². The van der Waals surface area contributed by atoms with Crippen molar-refractivity contribution in [3.05, 3.63) is 39.7 Å². The number of nitriles is 1. The molecule has 12 heteroatoms. The van der Waals surface area contributed by atoms with E-state index in [-0.39, 0.29) is 22.0 Å². The lowest BCUT2D eigenvalue weighted by atomic mass is 10.1. The molecule has 0 amide bonds. The summed E-state index contributed by atoms with van der Waals surface area (Å²) >= 11 is 5.36. The average molecular weight is 415 g/mol. The Hall–Kier alpha value is -1.90. The second-order valence-corrected chi connectivity index (χ2v) is 6.50. The van der Waals surface area contributed by atoms with Crippen LogP contribution in [0.25, 0.3) is 5.69 Å². The van der Waals surface area contributed by atoms with E-state index in [1.165, 1.54) is 13.0 Å². The second-order valence-electron chi connectivity index (χ2n) is 5.02. The summed E-state index contributed by atoms with van der Waals surface area (Å²) in [5.74, 6) is 0. The lowest BCUT2D eigenvalue weighted by Gasteiger charge is -2.15.